The number of rotatable bonds is 2. The molecule has 0 saturated heterocycles. The number of ketones is 2. The number of allylic oxidation sites excluding steroid dienone is 2. The largest absolute Gasteiger partial charge is 0.495 e. The minimum Gasteiger partial charge on any atom is -0.495 e. The van der Waals surface area contributed by atoms with Crippen molar-refractivity contribution in [1.29, 1.82) is 0 Å². The Morgan fingerprint density at radius 1 is 0.950 bits per heavy atom. The third-order valence-electron chi connectivity index (χ3n) is 3.41. The Kier molecular flexibility index (Phi) is 3.10. The predicted octanol–water partition coefficient (Wildman–Crippen LogP) is 3.51. The van der Waals surface area contributed by atoms with E-state index in [9.17, 15) is 9.59 Å². The van der Waals surface area contributed by atoms with E-state index in [1.54, 1.807) is 0 Å². The van der Waals surface area contributed by atoms with E-state index in [1.807, 2.05) is 30.5 Å². The molecule has 0 radical (unpaired) electrons. The molecule has 0 N–H and O–H groups in total. The summed E-state index contributed by atoms with van der Waals surface area (Å²) in [5.74, 6) is 0.154. The third kappa shape index (κ3) is 1.68. The molecule has 0 amide bonds. The number of hydrogen-bond donors (Lipinski definition) is 0. The number of benzene rings is 2. The van der Waals surface area contributed by atoms with Crippen molar-refractivity contribution in [2.45, 2.75) is 4.90 Å². The zero-order chi connectivity index (χ0) is 14.3. The summed E-state index contributed by atoms with van der Waals surface area (Å²) in [5.41, 5.74) is 0.837. The van der Waals surface area contributed by atoms with Crippen molar-refractivity contribution in [3.8, 4) is 5.75 Å². The molecule has 3 rings (SSSR count). The van der Waals surface area contributed by atoms with E-state index in [4.69, 9.17) is 4.74 Å². The topological polar surface area (TPSA) is 43.4 Å². The second kappa shape index (κ2) is 4.80. The van der Waals surface area contributed by atoms with Gasteiger partial charge in [0.15, 0.2) is 11.6 Å². The maximum absolute atomic E-state index is 12.2. The highest BCUT2D eigenvalue weighted by Crippen LogP contribution is 2.42. The number of carbonyl (C=O) groups excluding carboxylic acids is 2. The van der Waals surface area contributed by atoms with E-state index in [0.717, 1.165) is 15.7 Å². The minimum absolute atomic E-state index is 0.145. The lowest BCUT2D eigenvalue weighted by Crippen LogP contribution is -2.15. The second-order valence-electron chi connectivity index (χ2n) is 4.42. The normalized spacial score (nSPS) is 13.7. The van der Waals surface area contributed by atoms with Crippen LogP contribution in [0.25, 0.3) is 10.8 Å². The van der Waals surface area contributed by atoms with Crippen LogP contribution in [0.2, 0.25) is 0 Å². The molecule has 1 aliphatic carbocycles. The number of carbonyl (C=O) groups is 2. The maximum Gasteiger partial charge on any atom is 0.190 e. The van der Waals surface area contributed by atoms with Gasteiger partial charge in [-0.3, -0.25) is 9.59 Å². The van der Waals surface area contributed by atoms with Gasteiger partial charge >= 0.3 is 0 Å². The number of thioether (sulfide) groups is 1. The summed E-state index contributed by atoms with van der Waals surface area (Å²) in [4.78, 5) is 25.2. The molecule has 0 aliphatic heterocycles. The van der Waals surface area contributed by atoms with E-state index < -0.39 is 0 Å². The Balaban J connectivity index is 2.56. The Labute approximate surface area is 120 Å². The fourth-order valence-corrected chi connectivity index (χ4v) is 3.39. The summed E-state index contributed by atoms with van der Waals surface area (Å²) in [7, 11) is 1.52. The van der Waals surface area contributed by atoms with Crippen molar-refractivity contribution >= 4 is 34.1 Å². The first-order chi connectivity index (χ1) is 9.69. The van der Waals surface area contributed by atoms with Gasteiger partial charge in [-0.15, -0.1) is 11.8 Å². The summed E-state index contributed by atoms with van der Waals surface area (Å²) in [6.45, 7) is 0. The lowest BCUT2D eigenvalue weighted by Gasteiger charge is -2.19. The monoisotopic (exact) mass is 284 g/mol. The molecule has 0 bridgehead atoms. The van der Waals surface area contributed by atoms with Crippen molar-refractivity contribution in [2.75, 3.05) is 13.4 Å². The van der Waals surface area contributed by atoms with Crippen molar-refractivity contribution in [3.63, 3.8) is 0 Å². The Hall–Kier alpha value is -2.07. The number of hydrogen-bond acceptors (Lipinski definition) is 4. The van der Waals surface area contributed by atoms with Crippen molar-refractivity contribution in [3.05, 3.63) is 47.5 Å². The fourth-order valence-electron chi connectivity index (χ4n) is 2.59. The number of ether oxygens (including phenoxy) is 1. The molecule has 3 nitrogen and oxygen atoms in total. The van der Waals surface area contributed by atoms with Crippen LogP contribution in [0.3, 0.4) is 0 Å². The molecule has 1 aliphatic rings. The van der Waals surface area contributed by atoms with Gasteiger partial charge in [-0.05, 0) is 23.8 Å². The van der Waals surface area contributed by atoms with E-state index in [1.165, 1.54) is 31.0 Å². The van der Waals surface area contributed by atoms with Crippen LogP contribution in [0.4, 0.5) is 0 Å². The van der Waals surface area contributed by atoms with Crippen LogP contribution in [0, 0.1) is 0 Å². The number of fused-ring (bicyclic) bond motifs is 2. The van der Waals surface area contributed by atoms with Crippen molar-refractivity contribution in [2.24, 2.45) is 0 Å². The van der Waals surface area contributed by atoms with Gasteiger partial charge in [-0.25, -0.2) is 0 Å². The molecule has 0 unspecified atom stereocenters. The average molecular weight is 284 g/mol. The molecular formula is C16H12O3S. The highest BCUT2D eigenvalue weighted by Gasteiger charge is 2.29. The van der Waals surface area contributed by atoms with Crippen LogP contribution in [0.1, 0.15) is 20.7 Å². The molecule has 4 heteroatoms. The van der Waals surface area contributed by atoms with E-state index in [2.05, 4.69) is 0 Å². The van der Waals surface area contributed by atoms with Gasteiger partial charge in [0.1, 0.15) is 5.75 Å². The van der Waals surface area contributed by atoms with Crippen LogP contribution in [0.5, 0.6) is 5.75 Å². The SMILES string of the molecule is COc1c2c(c(SC)c3ccccc13)C(=O)C=CC2=O. The first-order valence-electron chi connectivity index (χ1n) is 6.12. The smallest absolute Gasteiger partial charge is 0.190 e. The third-order valence-corrected chi connectivity index (χ3v) is 4.24. The van der Waals surface area contributed by atoms with Gasteiger partial charge in [-0.2, -0.15) is 0 Å². The first-order valence-corrected chi connectivity index (χ1v) is 7.35. The summed E-state index contributed by atoms with van der Waals surface area (Å²) in [5, 5.41) is 1.79. The zero-order valence-electron chi connectivity index (χ0n) is 11.1. The molecule has 100 valence electrons. The molecule has 20 heavy (non-hydrogen) atoms. The summed E-state index contributed by atoms with van der Waals surface area (Å²) in [6.07, 6.45) is 4.55. The van der Waals surface area contributed by atoms with Gasteiger partial charge in [-0.1, -0.05) is 24.3 Å². The van der Waals surface area contributed by atoms with Crippen LogP contribution >= 0.6 is 11.8 Å². The first kappa shape index (κ1) is 12.9. The van der Waals surface area contributed by atoms with Crippen LogP contribution < -0.4 is 4.74 Å². The highest BCUT2D eigenvalue weighted by atomic mass is 32.2. The van der Waals surface area contributed by atoms with E-state index >= 15 is 0 Å². The Morgan fingerprint density at radius 2 is 1.55 bits per heavy atom. The van der Waals surface area contributed by atoms with Gasteiger partial charge in [0.05, 0.1) is 18.2 Å². The highest BCUT2D eigenvalue weighted by molar-refractivity contribution is 7.99. The van der Waals surface area contributed by atoms with Crippen LogP contribution in [0.15, 0.2) is 41.3 Å². The summed E-state index contributed by atoms with van der Waals surface area (Å²) < 4.78 is 5.43. The zero-order valence-corrected chi connectivity index (χ0v) is 11.9. The van der Waals surface area contributed by atoms with Crippen molar-refractivity contribution in [1.82, 2.24) is 0 Å². The van der Waals surface area contributed by atoms with Gasteiger partial charge in [0.2, 0.25) is 0 Å². The molecule has 0 atom stereocenters. The Morgan fingerprint density at radius 3 is 2.15 bits per heavy atom. The number of methoxy groups -OCH3 is 1. The average Bonchev–Trinajstić information content (AvgIpc) is 2.48. The molecule has 0 saturated carbocycles. The van der Waals surface area contributed by atoms with Gasteiger partial charge in [0, 0.05) is 10.3 Å². The molecule has 2 aromatic rings. The summed E-state index contributed by atoms with van der Waals surface area (Å²) >= 11 is 1.48. The standard InChI is InChI=1S/C16H12O3S/c1-19-15-9-5-3-4-6-10(9)16(20-2)14-12(18)8-7-11(17)13(14)15/h3-8H,1-2H3. The molecule has 2 aromatic carbocycles. The lowest BCUT2D eigenvalue weighted by atomic mass is 9.90. The van der Waals surface area contributed by atoms with Crippen molar-refractivity contribution < 1.29 is 14.3 Å². The molecule has 0 spiro atoms. The second-order valence-corrected chi connectivity index (χ2v) is 5.24. The molecule has 0 heterocycles. The van der Waals surface area contributed by atoms with Crippen LogP contribution in [-0.4, -0.2) is 24.9 Å². The molecule has 0 fully saturated rings. The minimum atomic E-state index is -0.183. The maximum atomic E-state index is 12.2. The fraction of sp³-hybridized carbons (Fsp3) is 0.125. The predicted molar refractivity (Wildman–Crippen MR) is 80.1 cm³/mol. The quantitative estimate of drug-likeness (QED) is 0.792. The summed E-state index contributed by atoms with van der Waals surface area (Å²) in [6, 6.07) is 7.66. The Bertz CT molecular complexity index is 710. The van der Waals surface area contributed by atoms with Gasteiger partial charge < -0.3 is 4.74 Å². The lowest BCUT2D eigenvalue weighted by molar-refractivity contribution is 0.0990. The van der Waals surface area contributed by atoms with Crippen LogP contribution in [-0.2, 0) is 0 Å². The van der Waals surface area contributed by atoms with Gasteiger partial charge in [0.25, 0.3) is 0 Å². The molecular weight excluding hydrogens is 272 g/mol. The van der Waals surface area contributed by atoms with E-state index in [-0.39, 0.29) is 11.6 Å². The molecule has 0 aromatic heterocycles. The van der Waals surface area contributed by atoms with E-state index in [0.29, 0.717) is 16.9 Å².